The molecule has 0 fully saturated rings. The van der Waals surface area contributed by atoms with Gasteiger partial charge in [-0.1, -0.05) is 20.8 Å². The lowest BCUT2D eigenvalue weighted by Crippen LogP contribution is -2.14. The molecule has 0 aliphatic heterocycles. The van der Waals surface area contributed by atoms with E-state index in [1.165, 1.54) is 24.1 Å². The van der Waals surface area contributed by atoms with Gasteiger partial charge in [0, 0.05) is 11.5 Å². The van der Waals surface area contributed by atoms with E-state index in [4.69, 9.17) is 8.37 Å². The Hall–Kier alpha value is 0.620. The number of rotatable bonds is 8. The van der Waals surface area contributed by atoms with Crippen LogP contribution in [0.1, 0.15) is 27.2 Å². The summed E-state index contributed by atoms with van der Waals surface area (Å²) < 4.78 is 10.8. The van der Waals surface area contributed by atoms with Gasteiger partial charge in [0.1, 0.15) is 0 Å². The second kappa shape index (κ2) is 9.71. The van der Waals surface area contributed by atoms with Gasteiger partial charge in [-0.2, -0.15) is 0 Å². The molecule has 0 radical (unpaired) electrons. The topological polar surface area (TPSA) is 18.5 Å². The minimum Gasteiger partial charge on any atom is -0.313 e. The molecular formula is C8H18O2S2. The lowest BCUT2D eigenvalue weighted by molar-refractivity contribution is 0.162. The summed E-state index contributed by atoms with van der Waals surface area (Å²) in [5.74, 6) is 1.99. The van der Waals surface area contributed by atoms with E-state index in [1.807, 2.05) is 0 Å². The SMILES string of the molecule is CCSOCC(CC)OSCC. The molecule has 0 aliphatic rings. The highest BCUT2D eigenvalue weighted by atomic mass is 32.2. The summed E-state index contributed by atoms with van der Waals surface area (Å²) >= 11 is 3.01. The van der Waals surface area contributed by atoms with E-state index in [2.05, 4.69) is 20.8 Å². The van der Waals surface area contributed by atoms with Crippen molar-refractivity contribution < 1.29 is 8.37 Å². The molecule has 0 bridgehead atoms. The Labute approximate surface area is 84.2 Å². The predicted octanol–water partition coefficient (Wildman–Crippen LogP) is 3.13. The molecule has 12 heavy (non-hydrogen) atoms. The molecule has 0 aromatic rings. The molecule has 0 saturated carbocycles. The van der Waals surface area contributed by atoms with Crippen LogP contribution in [0.3, 0.4) is 0 Å². The third-order valence-corrected chi connectivity index (χ3v) is 2.41. The van der Waals surface area contributed by atoms with Crippen molar-refractivity contribution >= 4 is 24.1 Å². The van der Waals surface area contributed by atoms with Crippen LogP contribution in [0, 0.1) is 0 Å². The maximum absolute atomic E-state index is 5.47. The first-order valence-electron chi connectivity index (χ1n) is 4.37. The van der Waals surface area contributed by atoms with E-state index in [-0.39, 0.29) is 6.10 Å². The zero-order chi connectivity index (χ0) is 9.23. The predicted molar refractivity (Wildman–Crippen MR) is 57.4 cm³/mol. The first kappa shape index (κ1) is 12.6. The van der Waals surface area contributed by atoms with Crippen molar-refractivity contribution in [1.82, 2.24) is 0 Å². The van der Waals surface area contributed by atoms with Crippen molar-refractivity contribution in [3.63, 3.8) is 0 Å². The van der Waals surface area contributed by atoms with Crippen LogP contribution >= 0.6 is 24.1 Å². The molecule has 0 aromatic carbocycles. The van der Waals surface area contributed by atoms with E-state index >= 15 is 0 Å². The Balaban J connectivity index is 3.26. The van der Waals surface area contributed by atoms with Crippen molar-refractivity contribution in [1.29, 1.82) is 0 Å². The fraction of sp³-hybridized carbons (Fsp3) is 1.00. The average Bonchev–Trinajstić information content (AvgIpc) is 2.11. The molecule has 0 amide bonds. The summed E-state index contributed by atoms with van der Waals surface area (Å²) in [5.41, 5.74) is 0. The lowest BCUT2D eigenvalue weighted by Gasteiger charge is -2.13. The zero-order valence-electron chi connectivity index (χ0n) is 8.04. The van der Waals surface area contributed by atoms with Gasteiger partial charge < -0.3 is 8.37 Å². The van der Waals surface area contributed by atoms with Crippen LogP contribution in [0.4, 0.5) is 0 Å². The van der Waals surface area contributed by atoms with Gasteiger partial charge in [-0.25, -0.2) is 0 Å². The molecule has 74 valence electrons. The molecular weight excluding hydrogens is 192 g/mol. The molecule has 1 atom stereocenters. The van der Waals surface area contributed by atoms with E-state index in [0.29, 0.717) is 6.61 Å². The van der Waals surface area contributed by atoms with E-state index in [0.717, 1.165) is 17.9 Å². The minimum absolute atomic E-state index is 0.244. The van der Waals surface area contributed by atoms with Gasteiger partial charge in [0.05, 0.1) is 12.7 Å². The second-order valence-electron chi connectivity index (χ2n) is 2.22. The molecule has 0 heterocycles. The summed E-state index contributed by atoms with van der Waals surface area (Å²) in [6.07, 6.45) is 1.26. The molecule has 2 nitrogen and oxygen atoms in total. The third kappa shape index (κ3) is 7.28. The van der Waals surface area contributed by atoms with Crippen molar-refractivity contribution in [3.05, 3.63) is 0 Å². The molecule has 0 aromatic heterocycles. The van der Waals surface area contributed by atoms with Gasteiger partial charge in [-0.05, 0) is 30.5 Å². The highest BCUT2D eigenvalue weighted by molar-refractivity contribution is 7.94. The van der Waals surface area contributed by atoms with Crippen LogP contribution in [0.15, 0.2) is 0 Å². The molecule has 0 rings (SSSR count). The number of hydrogen-bond donors (Lipinski definition) is 0. The van der Waals surface area contributed by atoms with Crippen molar-refractivity contribution in [3.8, 4) is 0 Å². The van der Waals surface area contributed by atoms with Crippen LogP contribution in [0.5, 0.6) is 0 Å². The maximum Gasteiger partial charge on any atom is 0.0965 e. The summed E-state index contributed by atoms with van der Waals surface area (Å²) in [5, 5.41) is 0. The summed E-state index contributed by atoms with van der Waals surface area (Å²) in [7, 11) is 0. The van der Waals surface area contributed by atoms with Crippen LogP contribution in [0.25, 0.3) is 0 Å². The summed E-state index contributed by atoms with van der Waals surface area (Å²) in [6, 6.07) is 0. The van der Waals surface area contributed by atoms with E-state index in [9.17, 15) is 0 Å². The first-order valence-corrected chi connectivity index (χ1v) is 6.19. The van der Waals surface area contributed by atoms with Gasteiger partial charge in [-0.3, -0.25) is 0 Å². The fourth-order valence-electron chi connectivity index (χ4n) is 0.585. The second-order valence-corrected chi connectivity index (χ2v) is 4.28. The van der Waals surface area contributed by atoms with Gasteiger partial charge in [0.25, 0.3) is 0 Å². The summed E-state index contributed by atoms with van der Waals surface area (Å²) in [6.45, 7) is 6.97. The van der Waals surface area contributed by atoms with Crippen LogP contribution in [-0.2, 0) is 8.37 Å². The van der Waals surface area contributed by atoms with Gasteiger partial charge in [0.2, 0.25) is 0 Å². The molecule has 0 saturated heterocycles. The molecule has 0 spiro atoms. The Morgan fingerprint density at radius 1 is 1.08 bits per heavy atom. The highest BCUT2D eigenvalue weighted by Crippen LogP contribution is 2.12. The van der Waals surface area contributed by atoms with Crippen LogP contribution in [0.2, 0.25) is 0 Å². The van der Waals surface area contributed by atoms with Crippen molar-refractivity contribution in [2.24, 2.45) is 0 Å². The van der Waals surface area contributed by atoms with Gasteiger partial charge in [0.15, 0.2) is 0 Å². The Morgan fingerprint density at radius 2 is 1.75 bits per heavy atom. The maximum atomic E-state index is 5.47. The first-order chi connectivity index (χ1) is 5.85. The van der Waals surface area contributed by atoms with Crippen LogP contribution < -0.4 is 0 Å². The third-order valence-electron chi connectivity index (χ3n) is 1.23. The largest absolute Gasteiger partial charge is 0.313 e. The Bertz CT molecular complexity index is 91.1. The van der Waals surface area contributed by atoms with E-state index in [1.54, 1.807) is 0 Å². The molecule has 0 N–H and O–H groups in total. The zero-order valence-corrected chi connectivity index (χ0v) is 9.67. The smallest absolute Gasteiger partial charge is 0.0965 e. The Kier molecular flexibility index (Phi) is 10.2. The monoisotopic (exact) mass is 210 g/mol. The number of hydrogen-bond acceptors (Lipinski definition) is 4. The average molecular weight is 210 g/mol. The normalized spacial score (nSPS) is 13.2. The van der Waals surface area contributed by atoms with Crippen molar-refractivity contribution in [2.45, 2.75) is 33.3 Å². The minimum atomic E-state index is 0.244. The molecule has 0 aliphatic carbocycles. The standard InChI is InChI=1S/C8H18O2S2/c1-4-8(10-12-6-3)7-9-11-5-2/h8H,4-7H2,1-3H3. The van der Waals surface area contributed by atoms with E-state index < -0.39 is 0 Å². The van der Waals surface area contributed by atoms with Gasteiger partial charge >= 0.3 is 0 Å². The molecule has 4 heteroatoms. The fourth-order valence-corrected chi connectivity index (χ4v) is 1.52. The summed E-state index contributed by atoms with van der Waals surface area (Å²) in [4.78, 5) is 0. The van der Waals surface area contributed by atoms with Crippen LogP contribution in [-0.4, -0.2) is 24.2 Å². The lowest BCUT2D eigenvalue weighted by atomic mass is 10.3. The highest BCUT2D eigenvalue weighted by Gasteiger charge is 2.06. The Morgan fingerprint density at radius 3 is 2.25 bits per heavy atom. The van der Waals surface area contributed by atoms with Crippen molar-refractivity contribution in [2.75, 3.05) is 18.1 Å². The molecule has 1 unspecified atom stereocenters. The quantitative estimate of drug-likeness (QED) is 0.452. The van der Waals surface area contributed by atoms with Gasteiger partial charge in [-0.15, -0.1) is 0 Å².